The Labute approximate surface area is 70.9 Å². The highest BCUT2D eigenvalue weighted by Gasteiger charge is 2.09. The molecular weight excluding hydrogens is 184 g/mol. The van der Waals surface area contributed by atoms with E-state index in [1.807, 2.05) is 6.08 Å². The van der Waals surface area contributed by atoms with E-state index < -0.39 is 10.1 Å². The molecule has 0 saturated carbocycles. The maximum atomic E-state index is 10.6. The molecule has 0 aromatic heterocycles. The number of thioether (sulfide) groups is 1. The molecule has 0 fully saturated rings. The second-order valence-corrected chi connectivity index (χ2v) is 5.01. The topological polar surface area (TPSA) is 43.4 Å². The highest BCUT2D eigenvalue weighted by Crippen LogP contribution is 2.18. The van der Waals surface area contributed by atoms with Crippen LogP contribution in [0.3, 0.4) is 0 Å². The van der Waals surface area contributed by atoms with Crippen LogP contribution in [0.1, 0.15) is 6.42 Å². The number of allylic oxidation sites excluding steroid dienone is 1. The van der Waals surface area contributed by atoms with Crippen LogP contribution in [0.4, 0.5) is 0 Å². The van der Waals surface area contributed by atoms with Gasteiger partial charge in [-0.25, -0.2) is 0 Å². The Balaban J connectivity index is 2.55. The summed E-state index contributed by atoms with van der Waals surface area (Å²) in [5.74, 6) is 2.39. The van der Waals surface area contributed by atoms with E-state index in [9.17, 15) is 8.42 Å². The number of hydrogen-bond acceptors (Lipinski definition) is 4. The van der Waals surface area contributed by atoms with Crippen molar-refractivity contribution >= 4 is 21.9 Å². The quantitative estimate of drug-likeness (QED) is 0.615. The highest BCUT2D eigenvalue weighted by atomic mass is 32.2. The van der Waals surface area contributed by atoms with Crippen molar-refractivity contribution in [3.8, 4) is 0 Å². The van der Waals surface area contributed by atoms with Gasteiger partial charge in [-0.2, -0.15) is 20.2 Å². The van der Waals surface area contributed by atoms with Crippen LogP contribution in [0, 0.1) is 0 Å². The Hall–Kier alpha value is -0.160. The van der Waals surface area contributed by atoms with E-state index in [4.69, 9.17) is 4.18 Å². The van der Waals surface area contributed by atoms with Gasteiger partial charge in [0.1, 0.15) is 5.76 Å². The van der Waals surface area contributed by atoms with Crippen LogP contribution in [0.25, 0.3) is 0 Å². The van der Waals surface area contributed by atoms with Crippen LogP contribution < -0.4 is 0 Å². The Morgan fingerprint density at radius 2 is 2.36 bits per heavy atom. The van der Waals surface area contributed by atoms with E-state index in [1.54, 1.807) is 11.8 Å². The van der Waals surface area contributed by atoms with Gasteiger partial charge in [-0.05, 0) is 6.08 Å². The SMILES string of the molecule is CS(=O)(=O)OC1=CCSCC1. The molecule has 1 aliphatic heterocycles. The largest absolute Gasteiger partial charge is 0.387 e. The molecule has 0 amide bonds. The van der Waals surface area contributed by atoms with Crippen LogP contribution in [0.2, 0.25) is 0 Å². The Morgan fingerprint density at radius 1 is 1.64 bits per heavy atom. The van der Waals surface area contributed by atoms with Crippen molar-refractivity contribution in [2.75, 3.05) is 17.8 Å². The molecule has 1 aliphatic rings. The van der Waals surface area contributed by atoms with Crippen molar-refractivity contribution in [2.24, 2.45) is 0 Å². The molecule has 64 valence electrons. The molecule has 0 saturated heterocycles. The lowest BCUT2D eigenvalue weighted by Gasteiger charge is -2.11. The summed E-state index contributed by atoms with van der Waals surface area (Å²) in [5, 5.41) is 0. The molecule has 0 atom stereocenters. The molecule has 0 N–H and O–H groups in total. The van der Waals surface area contributed by atoms with Crippen LogP contribution in [0.15, 0.2) is 11.8 Å². The fourth-order valence-corrected chi connectivity index (χ4v) is 2.14. The molecule has 5 heteroatoms. The molecule has 1 heterocycles. The van der Waals surface area contributed by atoms with Crippen molar-refractivity contribution in [3.05, 3.63) is 11.8 Å². The highest BCUT2D eigenvalue weighted by molar-refractivity contribution is 7.99. The van der Waals surface area contributed by atoms with Gasteiger partial charge in [0, 0.05) is 17.9 Å². The summed E-state index contributed by atoms with van der Waals surface area (Å²) in [6.45, 7) is 0. The lowest BCUT2D eigenvalue weighted by Crippen LogP contribution is -2.06. The van der Waals surface area contributed by atoms with Gasteiger partial charge in [-0.1, -0.05) is 0 Å². The third-order valence-corrected chi connectivity index (χ3v) is 2.59. The Bertz CT molecular complexity index is 253. The first-order chi connectivity index (χ1) is 5.08. The van der Waals surface area contributed by atoms with Crippen molar-refractivity contribution in [1.29, 1.82) is 0 Å². The molecule has 0 aliphatic carbocycles. The van der Waals surface area contributed by atoms with Gasteiger partial charge in [0.25, 0.3) is 0 Å². The van der Waals surface area contributed by atoms with E-state index >= 15 is 0 Å². The Kier molecular flexibility index (Phi) is 2.84. The first-order valence-corrected chi connectivity index (χ1v) is 6.21. The fraction of sp³-hybridized carbons (Fsp3) is 0.667. The average Bonchev–Trinajstić information content (AvgIpc) is 1.85. The van der Waals surface area contributed by atoms with Gasteiger partial charge in [-0.3, -0.25) is 0 Å². The molecule has 0 unspecified atom stereocenters. The second kappa shape index (κ2) is 3.49. The molecule has 0 radical (unpaired) electrons. The van der Waals surface area contributed by atoms with Crippen LogP contribution in [-0.2, 0) is 14.3 Å². The minimum atomic E-state index is -3.30. The summed E-state index contributed by atoms with van der Waals surface area (Å²) in [6, 6.07) is 0. The van der Waals surface area contributed by atoms with Crippen molar-refractivity contribution in [3.63, 3.8) is 0 Å². The first-order valence-electron chi connectivity index (χ1n) is 3.24. The van der Waals surface area contributed by atoms with Gasteiger partial charge in [0.2, 0.25) is 0 Å². The summed E-state index contributed by atoms with van der Waals surface area (Å²) in [4.78, 5) is 0. The molecular formula is C6H10O3S2. The summed E-state index contributed by atoms with van der Waals surface area (Å²) in [5.41, 5.74) is 0. The normalized spacial score (nSPS) is 19.2. The number of rotatable bonds is 2. The third kappa shape index (κ3) is 3.67. The van der Waals surface area contributed by atoms with E-state index in [2.05, 4.69) is 0 Å². The average molecular weight is 194 g/mol. The minimum Gasteiger partial charge on any atom is -0.387 e. The van der Waals surface area contributed by atoms with Gasteiger partial charge in [0.15, 0.2) is 0 Å². The molecule has 0 bridgehead atoms. The molecule has 3 nitrogen and oxygen atoms in total. The van der Waals surface area contributed by atoms with E-state index in [1.165, 1.54) is 0 Å². The number of hydrogen-bond donors (Lipinski definition) is 0. The summed E-state index contributed by atoms with van der Waals surface area (Å²) < 4.78 is 26.0. The first kappa shape index (κ1) is 8.93. The van der Waals surface area contributed by atoms with E-state index in [-0.39, 0.29) is 0 Å². The summed E-state index contributed by atoms with van der Waals surface area (Å²) in [6.07, 6.45) is 3.60. The Morgan fingerprint density at radius 3 is 2.82 bits per heavy atom. The van der Waals surface area contributed by atoms with Gasteiger partial charge >= 0.3 is 10.1 Å². The predicted molar refractivity (Wildman–Crippen MR) is 46.0 cm³/mol. The molecule has 1 rings (SSSR count). The maximum Gasteiger partial charge on any atom is 0.305 e. The summed E-state index contributed by atoms with van der Waals surface area (Å²) >= 11 is 1.77. The lowest BCUT2D eigenvalue weighted by molar-refractivity contribution is 0.399. The zero-order valence-corrected chi connectivity index (χ0v) is 7.87. The second-order valence-electron chi connectivity index (χ2n) is 2.28. The monoisotopic (exact) mass is 194 g/mol. The standard InChI is InChI=1S/C6H10O3S2/c1-11(7,8)9-6-2-4-10-5-3-6/h2H,3-5H2,1H3. The minimum absolute atomic E-state index is 0.589. The lowest BCUT2D eigenvalue weighted by atomic mass is 10.4. The molecule has 11 heavy (non-hydrogen) atoms. The van der Waals surface area contributed by atoms with Crippen LogP contribution in [0.5, 0.6) is 0 Å². The smallest absolute Gasteiger partial charge is 0.305 e. The fourth-order valence-electron chi connectivity index (χ4n) is 0.780. The predicted octanol–water partition coefficient (Wildman–Crippen LogP) is 0.983. The van der Waals surface area contributed by atoms with Gasteiger partial charge in [0.05, 0.1) is 6.26 Å². The van der Waals surface area contributed by atoms with Crippen molar-refractivity contribution < 1.29 is 12.6 Å². The van der Waals surface area contributed by atoms with E-state index in [0.29, 0.717) is 5.76 Å². The van der Waals surface area contributed by atoms with Crippen LogP contribution in [-0.4, -0.2) is 26.2 Å². The van der Waals surface area contributed by atoms with Crippen molar-refractivity contribution in [1.82, 2.24) is 0 Å². The zero-order valence-electron chi connectivity index (χ0n) is 6.24. The molecule has 0 aromatic carbocycles. The molecule has 0 aromatic rings. The zero-order chi connectivity index (χ0) is 8.32. The third-order valence-electron chi connectivity index (χ3n) is 1.18. The van der Waals surface area contributed by atoms with Crippen LogP contribution >= 0.6 is 11.8 Å². The van der Waals surface area contributed by atoms with E-state index in [0.717, 1.165) is 24.2 Å². The summed E-state index contributed by atoms with van der Waals surface area (Å²) in [7, 11) is -3.30. The molecule has 0 spiro atoms. The van der Waals surface area contributed by atoms with Gasteiger partial charge in [-0.15, -0.1) is 0 Å². The van der Waals surface area contributed by atoms with Gasteiger partial charge < -0.3 is 4.18 Å². The van der Waals surface area contributed by atoms with Crippen molar-refractivity contribution in [2.45, 2.75) is 6.42 Å². The maximum absolute atomic E-state index is 10.6.